The van der Waals surface area contributed by atoms with Gasteiger partial charge in [-0.05, 0) is 30.3 Å². The highest BCUT2D eigenvalue weighted by molar-refractivity contribution is 6.02. The molecule has 2 aromatic carbocycles. The number of carbonyl (C=O) groups is 3. The predicted molar refractivity (Wildman–Crippen MR) is 108 cm³/mol. The van der Waals surface area contributed by atoms with E-state index in [2.05, 4.69) is 5.32 Å². The molecule has 1 aliphatic heterocycles. The van der Waals surface area contributed by atoms with Gasteiger partial charge in [-0.25, -0.2) is 4.39 Å². The van der Waals surface area contributed by atoms with Crippen molar-refractivity contribution in [3.8, 4) is 11.5 Å². The number of benzene rings is 2. The van der Waals surface area contributed by atoms with E-state index in [0.29, 0.717) is 23.3 Å². The van der Waals surface area contributed by atoms with E-state index in [1.54, 1.807) is 18.2 Å². The number of methoxy groups -OCH3 is 1. The molecule has 0 aromatic heterocycles. The quantitative estimate of drug-likeness (QED) is 0.588. The van der Waals surface area contributed by atoms with Crippen LogP contribution in [-0.2, 0) is 22.7 Å². The molecule has 8 nitrogen and oxygen atoms in total. The summed E-state index contributed by atoms with van der Waals surface area (Å²) in [6, 6.07) is 9.06. The minimum atomic E-state index is -2.19. The van der Waals surface area contributed by atoms with E-state index >= 15 is 0 Å². The lowest BCUT2D eigenvalue weighted by molar-refractivity contribution is -0.159. The number of hydrogen-bond acceptors (Lipinski definition) is 6. The fourth-order valence-corrected chi connectivity index (χ4v) is 3.51. The fraction of sp³-hybridized carbons (Fsp3) is 0.318. The molecule has 1 unspecified atom stereocenters. The van der Waals surface area contributed by atoms with Crippen LogP contribution in [0.5, 0.6) is 11.5 Å². The maximum absolute atomic E-state index is 14.1. The molecule has 1 atom stereocenters. The number of halogens is 1. The molecule has 2 aromatic rings. The molecule has 0 saturated heterocycles. The van der Waals surface area contributed by atoms with E-state index in [0.717, 1.165) is 4.90 Å². The summed E-state index contributed by atoms with van der Waals surface area (Å²) in [5.74, 6) is -1.02. The number of ether oxygens (including phenoxy) is 2. The van der Waals surface area contributed by atoms with Gasteiger partial charge in [-0.15, -0.1) is 0 Å². The van der Waals surface area contributed by atoms with Crippen LogP contribution in [0.25, 0.3) is 0 Å². The van der Waals surface area contributed by atoms with Crippen LogP contribution in [0.15, 0.2) is 36.4 Å². The van der Waals surface area contributed by atoms with Gasteiger partial charge in [0.2, 0.25) is 5.72 Å². The van der Waals surface area contributed by atoms with Gasteiger partial charge in [-0.1, -0.05) is 6.07 Å². The molecular weight excluding hydrogens is 407 g/mol. The third-order valence-corrected chi connectivity index (χ3v) is 5.21. The van der Waals surface area contributed by atoms with Gasteiger partial charge in [0.05, 0.1) is 13.7 Å². The summed E-state index contributed by atoms with van der Waals surface area (Å²) in [5.41, 5.74) is -1.20. The number of aldehydes is 1. The van der Waals surface area contributed by atoms with Gasteiger partial charge in [0.1, 0.15) is 30.2 Å². The molecule has 0 saturated carbocycles. The fourth-order valence-electron chi connectivity index (χ4n) is 3.51. The Balaban J connectivity index is 1.87. The molecule has 0 bridgehead atoms. The van der Waals surface area contributed by atoms with Gasteiger partial charge >= 0.3 is 0 Å². The summed E-state index contributed by atoms with van der Waals surface area (Å²) < 4.78 is 25.0. The highest BCUT2D eigenvalue weighted by atomic mass is 19.1. The first-order chi connectivity index (χ1) is 14.8. The van der Waals surface area contributed by atoms with Crippen molar-refractivity contribution in [2.45, 2.75) is 31.7 Å². The van der Waals surface area contributed by atoms with Crippen molar-refractivity contribution >= 4 is 18.1 Å². The van der Waals surface area contributed by atoms with Crippen LogP contribution < -0.4 is 14.8 Å². The molecule has 164 valence electrons. The van der Waals surface area contributed by atoms with Crippen LogP contribution >= 0.6 is 0 Å². The van der Waals surface area contributed by atoms with Crippen molar-refractivity contribution in [1.29, 1.82) is 0 Å². The number of rotatable bonds is 9. The number of nitrogens with one attached hydrogen (secondary N) is 1. The minimum absolute atomic E-state index is 0.103. The van der Waals surface area contributed by atoms with E-state index < -0.39 is 23.4 Å². The van der Waals surface area contributed by atoms with Gasteiger partial charge in [0.25, 0.3) is 11.8 Å². The minimum Gasteiger partial charge on any atom is -0.497 e. The van der Waals surface area contributed by atoms with Crippen molar-refractivity contribution in [3.05, 3.63) is 58.9 Å². The van der Waals surface area contributed by atoms with Crippen LogP contribution in [0, 0.1) is 5.82 Å². The first kappa shape index (κ1) is 22.2. The topological polar surface area (TPSA) is 105 Å². The molecule has 0 aliphatic carbocycles. The second-order valence-electron chi connectivity index (χ2n) is 7.02. The Bertz CT molecular complexity index is 1010. The second kappa shape index (κ2) is 9.13. The van der Waals surface area contributed by atoms with Gasteiger partial charge in [-0.2, -0.15) is 0 Å². The summed E-state index contributed by atoms with van der Waals surface area (Å²) in [6.45, 7) is -0.216. The highest BCUT2D eigenvalue weighted by Crippen LogP contribution is 2.36. The SMILES string of the molecule is CNC(=O)C(O)(CCC=O)N1Cc2c(OCc3cc(OC)ccc3F)cccc2C1=O. The monoisotopic (exact) mass is 430 g/mol. The van der Waals surface area contributed by atoms with Crippen molar-refractivity contribution in [2.24, 2.45) is 0 Å². The zero-order valence-corrected chi connectivity index (χ0v) is 17.2. The number of amides is 2. The Morgan fingerprint density at radius 3 is 2.81 bits per heavy atom. The average Bonchev–Trinajstić information content (AvgIpc) is 3.14. The Kier molecular flexibility index (Phi) is 6.55. The number of likely N-dealkylation sites (N-methyl/N-ethyl adjacent to an activating group) is 1. The van der Waals surface area contributed by atoms with E-state index in [9.17, 15) is 23.9 Å². The Labute approximate surface area is 178 Å². The van der Waals surface area contributed by atoms with Gasteiger partial charge in [0, 0.05) is 36.6 Å². The molecule has 0 radical (unpaired) electrons. The summed E-state index contributed by atoms with van der Waals surface area (Å²) in [4.78, 5) is 37.1. The molecule has 1 heterocycles. The summed E-state index contributed by atoms with van der Waals surface area (Å²) in [7, 11) is 2.81. The smallest absolute Gasteiger partial charge is 0.273 e. The Hall–Kier alpha value is -3.46. The first-order valence-electron chi connectivity index (χ1n) is 9.63. The number of carbonyl (C=O) groups excluding carboxylic acids is 3. The molecule has 2 amide bonds. The lowest BCUT2D eigenvalue weighted by Gasteiger charge is -2.34. The summed E-state index contributed by atoms with van der Waals surface area (Å²) in [5, 5.41) is 13.3. The molecule has 0 spiro atoms. The number of hydrogen-bond donors (Lipinski definition) is 2. The number of aliphatic hydroxyl groups is 1. The van der Waals surface area contributed by atoms with Gasteiger partial charge in [0.15, 0.2) is 0 Å². The molecule has 3 rings (SSSR count). The number of nitrogens with zero attached hydrogens (tertiary/aromatic N) is 1. The molecule has 0 fully saturated rings. The summed E-state index contributed by atoms with van der Waals surface area (Å²) >= 11 is 0. The number of fused-ring (bicyclic) bond motifs is 1. The molecular formula is C22H23FN2O6. The average molecular weight is 430 g/mol. The Morgan fingerprint density at radius 1 is 1.35 bits per heavy atom. The van der Waals surface area contributed by atoms with E-state index in [1.165, 1.54) is 32.4 Å². The normalized spacial score (nSPS) is 14.6. The van der Waals surface area contributed by atoms with E-state index in [-0.39, 0.29) is 37.1 Å². The summed E-state index contributed by atoms with van der Waals surface area (Å²) in [6.07, 6.45) is 0.211. The zero-order valence-electron chi connectivity index (χ0n) is 17.2. The van der Waals surface area contributed by atoms with Gasteiger partial charge < -0.3 is 24.7 Å². The van der Waals surface area contributed by atoms with E-state index in [4.69, 9.17) is 9.47 Å². The largest absolute Gasteiger partial charge is 0.497 e. The Morgan fingerprint density at radius 2 is 2.13 bits per heavy atom. The predicted octanol–water partition coefficient (Wildman–Crippen LogP) is 1.78. The highest BCUT2D eigenvalue weighted by Gasteiger charge is 2.48. The van der Waals surface area contributed by atoms with Crippen LogP contribution in [0.3, 0.4) is 0 Å². The van der Waals surface area contributed by atoms with Gasteiger partial charge in [-0.3, -0.25) is 14.5 Å². The molecule has 31 heavy (non-hydrogen) atoms. The van der Waals surface area contributed by atoms with Crippen molar-refractivity contribution in [2.75, 3.05) is 14.2 Å². The van der Waals surface area contributed by atoms with E-state index in [1.807, 2.05) is 0 Å². The third kappa shape index (κ3) is 4.22. The van der Waals surface area contributed by atoms with Crippen molar-refractivity contribution in [1.82, 2.24) is 10.2 Å². The third-order valence-electron chi connectivity index (χ3n) is 5.21. The zero-order chi connectivity index (χ0) is 22.6. The molecule has 2 N–H and O–H groups in total. The first-order valence-corrected chi connectivity index (χ1v) is 9.63. The lowest BCUT2D eigenvalue weighted by atomic mass is 10.0. The van der Waals surface area contributed by atoms with Crippen LogP contribution in [0.1, 0.15) is 34.3 Å². The van der Waals surface area contributed by atoms with Crippen molar-refractivity contribution < 1.29 is 33.4 Å². The standard InChI is InChI=1S/C22H23FN2O6/c1-24-21(28)22(29,9-4-10-26)25-12-17-16(20(25)27)5-3-6-19(17)31-13-14-11-15(30-2)7-8-18(14)23/h3,5-8,10-11,29H,4,9,12-13H2,1-2H3,(H,24,28). The maximum atomic E-state index is 14.1. The molecule has 1 aliphatic rings. The van der Waals surface area contributed by atoms with Crippen molar-refractivity contribution in [3.63, 3.8) is 0 Å². The van der Waals surface area contributed by atoms with Crippen LogP contribution in [0.2, 0.25) is 0 Å². The molecule has 9 heteroatoms. The maximum Gasteiger partial charge on any atom is 0.273 e. The van der Waals surface area contributed by atoms with Crippen LogP contribution in [-0.4, -0.2) is 48.0 Å². The van der Waals surface area contributed by atoms with Crippen LogP contribution in [0.4, 0.5) is 4.39 Å². The second-order valence-corrected chi connectivity index (χ2v) is 7.02. The lowest BCUT2D eigenvalue weighted by Crippen LogP contribution is -2.58.